The van der Waals surface area contributed by atoms with Crippen molar-refractivity contribution in [2.45, 2.75) is 44.2 Å². The Kier molecular flexibility index (Phi) is 3.84. The fourth-order valence-electron chi connectivity index (χ4n) is 3.13. The van der Waals surface area contributed by atoms with Crippen LogP contribution in [-0.2, 0) is 11.3 Å². The Morgan fingerprint density at radius 2 is 1.86 bits per heavy atom. The van der Waals surface area contributed by atoms with Gasteiger partial charge in [0.1, 0.15) is 5.54 Å². The average molecular weight is 327 g/mol. The van der Waals surface area contributed by atoms with Crippen LogP contribution in [0.4, 0.5) is 4.79 Å². The van der Waals surface area contributed by atoms with Gasteiger partial charge in [-0.3, -0.25) is 9.69 Å². The van der Waals surface area contributed by atoms with Crippen molar-refractivity contribution < 1.29 is 9.59 Å². The molecule has 21 heavy (non-hydrogen) atoms. The molecule has 0 aromatic heterocycles. The Hall–Kier alpha value is -1.26. The third kappa shape index (κ3) is 2.62. The van der Waals surface area contributed by atoms with Gasteiger partial charge >= 0.3 is 6.03 Å². The quantitative estimate of drug-likeness (QED) is 0.841. The van der Waals surface area contributed by atoms with Crippen molar-refractivity contribution in [2.24, 2.45) is 0 Å². The highest BCUT2D eigenvalue weighted by molar-refractivity contribution is 6.35. The molecule has 2 fully saturated rings. The van der Waals surface area contributed by atoms with E-state index in [1.807, 2.05) is 0 Å². The highest BCUT2D eigenvalue weighted by Crippen LogP contribution is 2.34. The zero-order chi connectivity index (χ0) is 15.0. The number of hydrogen-bond acceptors (Lipinski definition) is 2. The van der Waals surface area contributed by atoms with Crippen molar-refractivity contribution in [3.05, 3.63) is 33.8 Å². The lowest BCUT2D eigenvalue weighted by molar-refractivity contribution is -0.132. The fourth-order valence-corrected chi connectivity index (χ4v) is 3.60. The van der Waals surface area contributed by atoms with Crippen LogP contribution in [0.5, 0.6) is 0 Å². The van der Waals surface area contributed by atoms with E-state index in [4.69, 9.17) is 23.2 Å². The van der Waals surface area contributed by atoms with E-state index < -0.39 is 5.54 Å². The summed E-state index contributed by atoms with van der Waals surface area (Å²) in [6.07, 6.45) is 4.52. The molecule has 0 unspecified atom stereocenters. The standard InChI is InChI=1S/C15H16Cl2N2O2/c16-11-5-4-10(12(17)8-11)9-19-13(20)15(18-14(19)21)6-2-1-3-7-15/h4-5,8H,1-3,6-7,9H2,(H,18,21). The smallest absolute Gasteiger partial charge is 0.323 e. The number of halogens is 2. The van der Waals surface area contributed by atoms with Crippen LogP contribution in [0.25, 0.3) is 0 Å². The number of nitrogens with zero attached hydrogens (tertiary/aromatic N) is 1. The van der Waals surface area contributed by atoms with Crippen LogP contribution in [0.15, 0.2) is 18.2 Å². The molecule has 1 aliphatic heterocycles. The van der Waals surface area contributed by atoms with E-state index in [1.54, 1.807) is 18.2 Å². The van der Waals surface area contributed by atoms with Crippen LogP contribution in [0, 0.1) is 0 Å². The molecule has 1 spiro atoms. The summed E-state index contributed by atoms with van der Waals surface area (Å²) in [5.74, 6) is -0.127. The predicted octanol–water partition coefficient (Wildman–Crippen LogP) is 3.75. The van der Waals surface area contributed by atoms with E-state index in [0.717, 1.165) is 37.7 Å². The molecule has 1 heterocycles. The minimum Gasteiger partial charge on any atom is -0.323 e. The molecule has 112 valence electrons. The third-order valence-corrected chi connectivity index (χ3v) is 4.88. The maximum Gasteiger partial charge on any atom is 0.325 e. The molecule has 0 radical (unpaired) electrons. The van der Waals surface area contributed by atoms with Gasteiger partial charge in [-0.1, -0.05) is 48.5 Å². The second kappa shape index (κ2) is 5.50. The SMILES string of the molecule is O=C1NC2(CCCCC2)C(=O)N1Cc1ccc(Cl)cc1Cl. The Morgan fingerprint density at radius 3 is 2.52 bits per heavy atom. The molecule has 2 aliphatic rings. The number of urea groups is 1. The Bertz CT molecular complexity index is 597. The van der Waals surface area contributed by atoms with E-state index >= 15 is 0 Å². The summed E-state index contributed by atoms with van der Waals surface area (Å²) < 4.78 is 0. The predicted molar refractivity (Wildman–Crippen MR) is 81.4 cm³/mol. The molecule has 1 saturated carbocycles. The Balaban J connectivity index is 1.82. The van der Waals surface area contributed by atoms with Gasteiger partial charge in [-0.05, 0) is 30.5 Å². The van der Waals surface area contributed by atoms with Crippen LogP contribution >= 0.6 is 23.2 Å². The van der Waals surface area contributed by atoms with Gasteiger partial charge in [-0.25, -0.2) is 4.79 Å². The van der Waals surface area contributed by atoms with E-state index in [9.17, 15) is 9.59 Å². The third-order valence-electron chi connectivity index (χ3n) is 4.30. The number of nitrogens with one attached hydrogen (secondary N) is 1. The van der Waals surface area contributed by atoms with Gasteiger partial charge in [0.25, 0.3) is 5.91 Å². The largest absolute Gasteiger partial charge is 0.325 e. The summed E-state index contributed by atoms with van der Waals surface area (Å²) in [5, 5.41) is 3.89. The lowest BCUT2D eigenvalue weighted by Gasteiger charge is -2.30. The highest BCUT2D eigenvalue weighted by Gasteiger charge is 2.51. The van der Waals surface area contributed by atoms with Crippen molar-refractivity contribution in [1.29, 1.82) is 0 Å². The first-order chi connectivity index (χ1) is 10.0. The normalized spacial score (nSPS) is 21.0. The molecule has 0 atom stereocenters. The summed E-state index contributed by atoms with van der Waals surface area (Å²) in [7, 11) is 0. The summed E-state index contributed by atoms with van der Waals surface area (Å²) in [6, 6.07) is 4.75. The number of carbonyl (C=O) groups is 2. The van der Waals surface area contributed by atoms with E-state index in [2.05, 4.69) is 5.32 Å². The highest BCUT2D eigenvalue weighted by atomic mass is 35.5. The van der Waals surface area contributed by atoms with Crippen LogP contribution in [0.3, 0.4) is 0 Å². The molecule has 1 saturated heterocycles. The van der Waals surface area contributed by atoms with E-state index in [-0.39, 0.29) is 18.5 Å². The van der Waals surface area contributed by atoms with Crippen molar-refractivity contribution >= 4 is 35.1 Å². The molecule has 1 aliphatic carbocycles. The summed E-state index contributed by atoms with van der Waals surface area (Å²) in [4.78, 5) is 26.1. The van der Waals surface area contributed by atoms with Crippen LogP contribution in [0.1, 0.15) is 37.7 Å². The first-order valence-corrected chi connectivity index (χ1v) is 7.85. The maximum absolute atomic E-state index is 12.6. The van der Waals surface area contributed by atoms with E-state index in [0.29, 0.717) is 10.0 Å². The molecule has 3 rings (SSSR count). The van der Waals surface area contributed by atoms with E-state index in [1.165, 1.54) is 4.90 Å². The van der Waals surface area contributed by atoms with Gasteiger partial charge in [0.15, 0.2) is 0 Å². The topological polar surface area (TPSA) is 49.4 Å². The molecule has 4 nitrogen and oxygen atoms in total. The second-order valence-corrected chi connectivity index (χ2v) is 6.54. The number of carbonyl (C=O) groups excluding carboxylic acids is 2. The van der Waals surface area contributed by atoms with Crippen molar-refractivity contribution in [3.63, 3.8) is 0 Å². The Labute approximate surface area is 133 Å². The molecular weight excluding hydrogens is 311 g/mol. The van der Waals surface area contributed by atoms with Crippen molar-refractivity contribution in [2.75, 3.05) is 0 Å². The second-order valence-electron chi connectivity index (χ2n) is 5.70. The van der Waals surface area contributed by atoms with Crippen molar-refractivity contribution in [1.82, 2.24) is 10.2 Å². The van der Waals surface area contributed by atoms with Gasteiger partial charge in [0.2, 0.25) is 0 Å². The minimum atomic E-state index is -0.686. The monoisotopic (exact) mass is 326 g/mol. The maximum atomic E-state index is 12.6. The first kappa shape index (κ1) is 14.7. The number of imide groups is 1. The summed E-state index contributed by atoms with van der Waals surface area (Å²) in [5.41, 5.74) is 0.0336. The molecule has 0 bridgehead atoms. The zero-order valence-electron chi connectivity index (χ0n) is 11.5. The summed E-state index contributed by atoms with van der Waals surface area (Å²) >= 11 is 12.0. The zero-order valence-corrected chi connectivity index (χ0v) is 13.0. The molecule has 1 aromatic rings. The summed E-state index contributed by atoms with van der Waals surface area (Å²) in [6.45, 7) is 0.183. The average Bonchev–Trinajstić information content (AvgIpc) is 2.67. The van der Waals surface area contributed by atoms with Gasteiger partial charge in [0.05, 0.1) is 6.54 Å². The molecule has 1 N–H and O–H groups in total. The molecular formula is C15H16Cl2N2O2. The fraction of sp³-hybridized carbons (Fsp3) is 0.467. The van der Waals surface area contributed by atoms with Gasteiger partial charge in [-0.2, -0.15) is 0 Å². The number of benzene rings is 1. The van der Waals surface area contributed by atoms with Crippen LogP contribution in [0.2, 0.25) is 10.0 Å². The molecule has 1 aromatic carbocycles. The Morgan fingerprint density at radius 1 is 1.14 bits per heavy atom. The molecule has 6 heteroatoms. The van der Waals surface area contributed by atoms with Crippen LogP contribution < -0.4 is 5.32 Å². The lowest BCUT2D eigenvalue weighted by Crippen LogP contribution is -2.48. The lowest BCUT2D eigenvalue weighted by atomic mass is 9.82. The van der Waals surface area contributed by atoms with Gasteiger partial charge in [-0.15, -0.1) is 0 Å². The molecule has 3 amide bonds. The number of amides is 3. The van der Waals surface area contributed by atoms with Crippen molar-refractivity contribution in [3.8, 4) is 0 Å². The first-order valence-electron chi connectivity index (χ1n) is 7.10. The van der Waals surface area contributed by atoms with Gasteiger partial charge in [0, 0.05) is 10.0 Å². The number of hydrogen-bond donors (Lipinski definition) is 1. The minimum absolute atomic E-state index is 0.127. The number of rotatable bonds is 2. The van der Waals surface area contributed by atoms with Gasteiger partial charge < -0.3 is 5.32 Å². The van der Waals surface area contributed by atoms with Crippen LogP contribution in [-0.4, -0.2) is 22.4 Å².